The Morgan fingerprint density at radius 2 is 2.10 bits per heavy atom. The van der Waals surface area contributed by atoms with Gasteiger partial charge in [0.25, 0.3) is 0 Å². The van der Waals surface area contributed by atoms with Gasteiger partial charge in [-0.15, -0.1) is 0 Å². The van der Waals surface area contributed by atoms with E-state index in [2.05, 4.69) is 38.5 Å². The number of allylic oxidation sites excluding steroid dienone is 7. The van der Waals surface area contributed by atoms with E-state index in [1.165, 1.54) is 30.9 Å². The fourth-order valence-corrected chi connectivity index (χ4v) is 4.15. The van der Waals surface area contributed by atoms with Crippen LogP contribution in [0.1, 0.15) is 72.6 Å². The minimum Gasteiger partial charge on any atom is -0.428 e. The maximum atomic E-state index is 11.3. The van der Waals surface area contributed by atoms with Gasteiger partial charge in [0.1, 0.15) is 6.29 Å². The number of ether oxygens (including phenoxy) is 1. The van der Waals surface area contributed by atoms with Crippen molar-refractivity contribution in [3.8, 4) is 0 Å². The average Bonchev–Trinajstić information content (AvgIpc) is 2.96. The van der Waals surface area contributed by atoms with E-state index in [0.717, 1.165) is 25.5 Å². The van der Waals surface area contributed by atoms with E-state index in [1.54, 1.807) is 29.4 Å². The molecule has 1 atom stereocenters. The molecule has 0 aromatic rings. The quantitative estimate of drug-likeness (QED) is 0.183. The molecule has 158 valence electrons. The molecule has 0 spiro atoms. The van der Waals surface area contributed by atoms with Crippen molar-refractivity contribution in [1.82, 2.24) is 0 Å². The molecule has 0 radical (unpaired) electrons. The van der Waals surface area contributed by atoms with Crippen molar-refractivity contribution in [2.45, 2.75) is 78.9 Å². The molecule has 4 nitrogen and oxygen atoms in total. The van der Waals surface area contributed by atoms with Gasteiger partial charge in [-0.05, 0) is 69.8 Å². The Balaban J connectivity index is 1.84. The first-order valence-electron chi connectivity index (χ1n) is 10.5. The Morgan fingerprint density at radius 1 is 1.34 bits per heavy atom. The topological polar surface area (TPSA) is 63.6 Å². The van der Waals surface area contributed by atoms with E-state index in [-0.39, 0.29) is 0 Å². The first-order chi connectivity index (χ1) is 13.7. The normalized spacial score (nSPS) is 22.9. The van der Waals surface area contributed by atoms with E-state index < -0.39 is 12.3 Å². The van der Waals surface area contributed by atoms with Crippen LogP contribution in [0.4, 0.5) is 0 Å². The van der Waals surface area contributed by atoms with Crippen molar-refractivity contribution in [2.24, 2.45) is 5.41 Å². The van der Waals surface area contributed by atoms with Gasteiger partial charge in [0, 0.05) is 11.6 Å². The molecule has 1 N–H and O–H groups in total. The molecular weight excluding hydrogens is 364 g/mol. The van der Waals surface area contributed by atoms with Crippen molar-refractivity contribution in [1.29, 1.82) is 0 Å². The number of rotatable bonds is 9. The van der Waals surface area contributed by atoms with E-state index in [4.69, 9.17) is 0 Å². The Labute approximate surface area is 174 Å². The van der Waals surface area contributed by atoms with Gasteiger partial charge < -0.3 is 9.84 Å². The van der Waals surface area contributed by atoms with E-state index in [0.29, 0.717) is 23.0 Å². The van der Waals surface area contributed by atoms with Gasteiger partial charge in [0.05, 0.1) is 0 Å². The second-order valence-electron chi connectivity index (χ2n) is 8.74. The lowest BCUT2D eigenvalue weighted by molar-refractivity contribution is -0.150. The molecule has 1 aliphatic heterocycles. The lowest BCUT2D eigenvalue weighted by atomic mass is 9.71. The summed E-state index contributed by atoms with van der Waals surface area (Å²) in [5.74, 6) is -0.556. The molecule has 4 heteroatoms. The highest BCUT2D eigenvalue weighted by Crippen LogP contribution is 2.42. The number of aliphatic hydroxyl groups excluding tert-OH is 1. The van der Waals surface area contributed by atoms with E-state index >= 15 is 0 Å². The van der Waals surface area contributed by atoms with Crippen LogP contribution in [0.3, 0.4) is 0 Å². The molecule has 0 aromatic heterocycles. The van der Waals surface area contributed by atoms with Gasteiger partial charge >= 0.3 is 5.97 Å². The second-order valence-corrected chi connectivity index (χ2v) is 8.74. The van der Waals surface area contributed by atoms with Crippen LogP contribution in [0.15, 0.2) is 58.2 Å². The molecule has 1 aliphatic carbocycles. The van der Waals surface area contributed by atoms with Crippen LogP contribution in [-0.2, 0) is 14.3 Å². The number of carbonyl (C=O) groups excluding carboxylic acids is 2. The number of aliphatic hydroxyl groups is 1. The molecule has 0 amide bonds. The Bertz CT molecular complexity index is 775. The number of carbonyl (C=O) groups is 2. The standard InChI is InChI=1S/C25H34O4/c1-18(13-14-22-19(2)9-7-15-25(22,3)4)8-5-10-20(17-26)11-6-12-21-16-23(27)29-24(21)28/h6,8,11-12,16-17,24,28H,5,7,9-10,13-15H2,1-4H3/b12-6+,18-8+,20-11-. The molecule has 29 heavy (non-hydrogen) atoms. The highest BCUT2D eigenvalue weighted by molar-refractivity contribution is 5.86. The predicted octanol–water partition coefficient (Wildman–Crippen LogP) is 5.50. The summed E-state index contributed by atoms with van der Waals surface area (Å²) in [5.41, 5.74) is 5.95. The first kappa shape index (κ1) is 23.1. The van der Waals surface area contributed by atoms with Gasteiger partial charge in [0.2, 0.25) is 6.29 Å². The van der Waals surface area contributed by atoms with E-state index in [1.807, 2.05) is 0 Å². The summed E-state index contributed by atoms with van der Waals surface area (Å²) >= 11 is 0. The number of hydrogen-bond acceptors (Lipinski definition) is 4. The molecule has 0 saturated heterocycles. The number of cyclic esters (lactones) is 1. The summed E-state index contributed by atoms with van der Waals surface area (Å²) in [4.78, 5) is 22.3. The lowest BCUT2D eigenvalue weighted by Gasteiger charge is -2.35. The summed E-state index contributed by atoms with van der Waals surface area (Å²) in [6.07, 6.45) is 15.5. The SMILES string of the molecule is CC1=C(CC/C(C)=C/CC/C(C=O)=C/C=C/C2=CC(=O)OC2O)C(C)(C)CCC1. The monoisotopic (exact) mass is 398 g/mol. The molecule has 2 rings (SSSR count). The van der Waals surface area contributed by atoms with Gasteiger partial charge in [-0.3, -0.25) is 4.79 Å². The minimum absolute atomic E-state index is 0.320. The molecular formula is C25H34O4. The van der Waals surface area contributed by atoms with Crippen LogP contribution in [0, 0.1) is 5.41 Å². The van der Waals surface area contributed by atoms with Crippen LogP contribution in [-0.4, -0.2) is 23.7 Å². The van der Waals surface area contributed by atoms with Crippen LogP contribution >= 0.6 is 0 Å². The number of hydrogen-bond donors (Lipinski definition) is 1. The summed E-state index contributed by atoms with van der Waals surface area (Å²) < 4.78 is 4.61. The van der Waals surface area contributed by atoms with Crippen LogP contribution in [0.2, 0.25) is 0 Å². The fraction of sp³-hybridized carbons (Fsp3) is 0.520. The molecule has 1 unspecified atom stereocenters. The first-order valence-corrected chi connectivity index (χ1v) is 10.5. The Kier molecular flexibility index (Phi) is 8.39. The Hall–Kier alpha value is -2.20. The van der Waals surface area contributed by atoms with Crippen molar-refractivity contribution >= 4 is 12.3 Å². The highest BCUT2D eigenvalue weighted by Gasteiger charge is 2.27. The van der Waals surface area contributed by atoms with Gasteiger partial charge in [0.15, 0.2) is 0 Å². The summed E-state index contributed by atoms with van der Waals surface area (Å²) in [6, 6.07) is 0. The lowest BCUT2D eigenvalue weighted by Crippen LogP contribution is -2.20. The third-order valence-electron chi connectivity index (χ3n) is 5.93. The molecule has 0 bridgehead atoms. The van der Waals surface area contributed by atoms with Crippen LogP contribution in [0.5, 0.6) is 0 Å². The minimum atomic E-state index is -1.22. The molecule has 0 aromatic carbocycles. The third kappa shape index (κ3) is 6.97. The van der Waals surface area contributed by atoms with Crippen molar-refractivity contribution in [2.75, 3.05) is 0 Å². The molecule has 0 saturated carbocycles. The molecule has 0 fully saturated rings. The zero-order valence-corrected chi connectivity index (χ0v) is 18.2. The van der Waals surface area contributed by atoms with Gasteiger partial charge in [-0.1, -0.05) is 54.9 Å². The van der Waals surface area contributed by atoms with Gasteiger partial charge in [-0.2, -0.15) is 0 Å². The molecule has 1 heterocycles. The van der Waals surface area contributed by atoms with Crippen molar-refractivity contribution in [3.63, 3.8) is 0 Å². The summed E-state index contributed by atoms with van der Waals surface area (Å²) in [5, 5.41) is 9.51. The summed E-state index contributed by atoms with van der Waals surface area (Å²) in [7, 11) is 0. The zero-order chi connectivity index (χ0) is 21.4. The van der Waals surface area contributed by atoms with Gasteiger partial charge in [-0.25, -0.2) is 4.79 Å². The van der Waals surface area contributed by atoms with Crippen molar-refractivity contribution < 1.29 is 19.4 Å². The maximum absolute atomic E-state index is 11.3. The fourth-order valence-electron chi connectivity index (χ4n) is 4.15. The average molecular weight is 399 g/mol. The third-order valence-corrected chi connectivity index (χ3v) is 5.93. The summed E-state index contributed by atoms with van der Waals surface area (Å²) in [6.45, 7) is 9.18. The molecule has 2 aliphatic rings. The van der Waals surface area contributed by atoms with Crippen LogP contribution < -0.4 is 0 Å². The van der Waals surface area contributed by atoms with Crippen LogP contribution in [0.25, 0.3) is 0 Å². The van der Waals surface area contributed by atoms with E-state index in [9.17, 15) is 14.7 Å². The zero-order valence-electron chi connectivity index (χ0n) is 18.2. The smallest absolute Gasteiger partial charge is 0.333 e. The Morgan fingerprint density at radius 3 is 2.72 bits per heavy atom. The predicted molar refractivity (Wildman–Crippen MR) is 116 cm³/mol. The second kappa shape index (κ2) is 10.5. The number of esters is 1. The van der Waals surface area contributed by atoms with Crippen molar-refractivity contribution in [3.05, 3.63) is 58.2 Å². The number of aldehydes is 1. The largest absolute Gasteiger partial charge is 0.428 e. The highest BCUT2D eigenvalue weighted by atomic mass is 16.6. The maximum Gasteiger partial charge on any atom is 0.333 e.